The lowest BCUT2D eigenvalue weighted by atomic mass is 9.71. The minimum absolute atomic E-state index is 0.114. The van der Waals surface area contributed by atoms with Gasteiger partial charge in [0.2, 0.25) is 11.8 Å². The molecule has 7 nitrogen and oxygen atoms in total. The third-order valence-electron chi connectivity index (χ3n) is 8.62. The van der Waals surface area contributed by atoms with E-state index in [1.165, 1.54) is 4.90 Å². The molecule has 3 fully saturated rings. The van der Waals surface area contributed by atoms with Gasteiger partial charge in [0.05, 0.1) is 16.6 Å². The van der Waals surface area contributed by atoms with Crippen molar-refractivity contribution in [3.63, 3.8) is 0 Å². The largest absolute Gasteiger partial charge is 0.349 e. The van der Waals surface area contributed by atoms with Crippen molar-refractivity contribution in [2.75, 3.05) is 6.54 Å². The molecule has 3 atom stereocenters. The van der Waals surface area contributed by atoms with Crippen LogP contribution in [0.2, 0.25) is 5.02 Å². The molecule has 202 valence electrons. The van der Waals surface area contributed by atoms with Gasteiger partial charge in [0.1, 0.15) is 23.6 Å². The molecule has 1 aromatic heterocycles. The van der Waals surface area contributed by atoms with E-state index >= 15 is 0 Å². The molecular formula is C28H31ClF2N4O3. The van der Waals surface area contributed by atoms with E-state index in [4.69, 9.17) is 11.6 Å². The van der Waals surface area contributed by atoms with Crippen LogP contribution < -0.4 is 5.32 Å². The van der Waals surface area contributed by atoms with Crippen LogP contribution in [0.15, 0.2) is 24.3 Å². The van der Waals surface area contributed by atoms with Crippen molar-refractivity contribution in [3.05, 3.63) is 35.0 Å². The number of para-hydroxylation sites is 1. The molecule has 1 aromatic carbocycles. The van der Waals surface area contributed by atoms with Crippen molar-refractivity contribution < 1.29 is 23.2 Å². The number of aromatic nitrogens is 1. The summed E-state index contributed by atoms with van der Waals surface area (Å²) in [7, 11) is 0. The summed E-state index contributed by atoms with van der Waals surface area (Å²) in [5, 5.41) is 13.7. The van der Waals surface area contributed by atoms with Crippen LogP contribution in [-0.2, 0) is 9.59 Å². The van der Waals surface area contributed by atoms with Gasteiger partial charge in [-0.2, -0.15) is 5.26 Å². The Morgan fingerprint density at radius 1 is 1.24 bits per heavy atom. The molecule has 2 aliphatic carbocycles. The molecule has 0 radical (unpaired) electrons. The summed E-state index contributed by atoms with van der Waals surface area (Å²) in [4.78, 5) is 44.1. The number of carbonyl (C=O) groups is 3. The molecule has 2 amide bonds. The number of alkyl halides is 2. The number of nitrogens with one attached hydrogen (secondary N) is 2. The van der Waals surface area contributed by atoms with Crippen molar-refractivity contribution in [2.45, 2.75) is 82.2 Å². The molecule has 5 rings (SSSR count). The van der Waals surface area contributed by atoms with Gasteiger partial charge in [-0.05, 0) is 56.1 Å². The van der Waals surface area contributed by atoms with Crippen LogP contribution in [0.25, 0.3) is 10.9 Å². The second-order valence-electron chi connectivity index (χ2n) is 11.2. The highest BCUT2D eigenvalue weighted by Gasteiger charge is 2.53. The summed E-state index contributed by atoms with van der Waals surface area (Å²) in [6, 6.07) is 7.29. The third-order valence-corrected chi connectivity index (χ3v) is 8.94. The van der Waals surface area contributed by atoms with Crippen molar-refractivity contribution in [1.82, 2.24) is 15.2 Å². The summed E-state index contributed by atoms with van der Waals surface area (Å²) < 4.78 is 28.0. The quantitative estimate of drug-likeness (QED) is 0.526. The lowest BCUT2D eigenvalue weighted by molar-refractivity contribution is -0.127. The third kappa shape index (κ3) is 5.28. The number of Topliss-reactive ketones (excluding diaryl/α,β-unsaturated/α-hetero) is 1. The van der Waals surface area contributed by atoms with E-state index in [0.717, 1.165) is 18.2 Å². The fourth-order valence-corrected chi connectivity index (χ4v) is 6.63. The first-order chi connectivity index (χ1) is 18.1. The molecule has 2 heterocycles. The number of amides is 2. The summed E-state index contributed by atoms with van der Waals surface area (Å²) in [6.07, 6.45) is 3.29. The van der Waals surface area contributed by atoms with Gasteiger partial charge >= 0.3 is 0 Å². The van der Waals surface area contributed by atoms with E-state index in [-0.39, 0.29) is 62.5 Å². The van der Waals surface area contributed by atoms with Crippen LogP contribution in [0.4, 0.5) is 8.78 Å². The van der Waals surface area contributed by atoms with E-state index in [9.17, 15) is 28.4 Å². The zero-order valence-corrected chi connectivity index (χ0v) is 21.8. The van der Waals surface area contributed by atoms with Crippen LogP contribution >= 0.6 is 11.6 Å². The topological polar surface area (TPSA) is 106 Å². The number of nitrogens with zero attached hydrogens (tertiary/aromatic N) is 2. The van der Waals surface area contributed by atoms with Crippen molar-refractivity contribution in [3.8, 4) is 6.07 Å². The Kier molecular flexibility index (Phi) is 7.21. The summed E-state index contributed by atoms with van der Waals surface area (Å²) >= 11 is 6.27. The Morgan fingerprint density at radius 2 is 2.00 bits per heavy atom. The SMILES string of the molecule is N#CC(CC1CCCCC1=O)NC(=O)C1CC2(CCC(F)(F)CC2)CN1C(=O)c1cc2cccc(Cl)c2[nH]1. The number of fused-ring (bicyclic) bond motifs is 1. The lowest BCUT2D eigenvalue weighted by Gasteiger charge is -2.36. The number of benzene rings is 1. The Morgan fingerprint density at radius 3 is 2.68 bits per heavy atom. The first kappa shape index (κ1) is 26.6. The summed E-state index contributed by atoms with van der Waals surface area (Å²) in [5.41, 5.74) is 0.268. The van der Waals surface area contributed by atoms with Crippen LogP contribution in [0.5, 0.6) is 0 Å². The van der Waals surface area contributed by atoms with E-state index in [0.29, 0.717) is 23.4 Å². The first-order valence-electron chi connectivity index (χ1n) is 13.3. The monoisotopic (exact) mass is 544 g/mol. The van der Waals surface area contributed by atoms with Crippen LogP contribution in [0, 0.1) is 22.7 Å². The average Bonchev–Trinajstić information content (AvgIpc) is 3.50. The number of H-pyrrole nitrogens is 1. The molecule has 2 saturated carbocycles. The number of likely N-dealkylation sites (tertiary alicyclic amines) is 1. The van der Waals surface area contributed by atoms with Crippen LogP contribution in [-0.4, -0.2) is 52.0 Å². The number of nitriles is 1. The zero-order valence-electron chi connectivity index (χ0n) is 21.1. The van der Waals surface area contributed by atoms with Gasteiger partial charge in [0, 0.05) is 37.1 Å². The van der Waals surface area contributed by atoms with Gasteiger partial charge in [-0.15, -0.1) is 0 Å². The smallest absolute Gasteiger partial charge is 0.271 e. The van der Waals surface area contributed by atoms with E-state index in [1.54, 1.807) is 18.2 Å². The van der Waals surface area contributed by atoms with Gasteiger partial charge in [-0.25, -0.2) is 8.78 Å². The Bertz CT molecular complexity index is 1290. The summed E-state index contributed by atoms with van der Waals surface area (Å²) in [5.74, 6) is -3.80. The highest BCUT2D eigenvalue weighted by molar-refractivity contribution is 6.35. The molecule has 10 heteroatoms. The Labute approximate surface area is 224 Å². The second kappa shape index (κ2) is 10.3. The van der Waals surface area contributed by atoms with E-state index < -0.39 is 35.2 Å². The van der Waals surface area contributed by atoms with Gasteiger partial charge in [0.15, 0.2) is 0 Å². The van der Waals surface area contributed by atoms with Crippen LogP contribution in [0.3, 0.4) is 0 Å². The maximum Gasteiger partial charge on any atom is 0.271 e. The maximum absolute atomic E-state index is 14.0. The van der Waals surface area contributed by atoms with Crippen molar-refractivity contribution in [2.24, 2.45) is 11.3 Å². The Balaban J connectivity index is 1.38. The number of carbonyl (C=O) groups excluding carboxylic acids is 3. The molecule has 1 saturated heterocycles. The summed E-state index contributed by atoms with van der Waals surface area (Å²) in [6.45, 7) is 0.182. The maximum atomic E-state index is 14.0. The lowest BCUT2D eigenvalue weighted by Crippen LogP contribution is -2.49. The molecule has 1 aliphatic heterocycles. The fourth-order valence-electron chi connectivity index (χ4n) is 6.40. The van der Waals surface area contributed by atoms with Gasteiger partial charge in [-0.3, -0.25) is 14.4 Å². The van der Waals surface area contributed by atoms with Crippen LogP contribution in [0.1, 0.15) is 74.7 Å². The number of hydrogen-bond acceptors (Lipinski definition) is 4. The highest BCUT2D eigenvalue weighted by atomic mass is 35.5. The number of aromatic amines is 1. The van der Waals surface area contributed by atoms with Gasteiger partial charge < -0.3 is 15.2 Å². The highest BCUT2D eigenvalue weighted by Crippen LogP contribution is 2.50. The predicted molar refractivity (Wildman–Crippen MR) is 138 cm³/mol. The van der Waals surface area contributed by atoms with E-state index in [1.807, 2.05) is 6.07 Å². The standard InChI is InChI=1S/C28H31ClF2N4O3/c29-20-6-3-5-18-13-21(34-24(18)20)26(38)35-16-27(8-10-28(30,31)11-9-27)14-22(35)25(37)33-19(15-32)12-17-4-1-2-7-23(17)36/h3,5-6,13,17,19,22,34H,1-2,4,7-12,14,16H2,(H,33,37). The molecule has 38 heavy (non-hydrogen) atoms. The average molecular weight is 545 g/mol. The number of rotatable bonds is 5. The van der Waals surface area contributed by atoms with Gasteiger partial charge in [-0.1, -0.05) is 30.2 Å². The van der Waals surface area contributed by atoms with Crippen molar-refractivity contribution in [1.29, 1.82) is 5.26 Å². The minimum atomic E-state index is -2.74. The molecule has 2 N–H and O–H groups in total. The first-order valence-corrected chi connectivity index (χ1v) is 13.7. The molecule has 3 unspecified atom stereocenters. The minimum Gasteiger partial charge on any atom is -0.349 e. The molecule has 1 spiro atoms. The Hall–Kier alpha value is -2.99. The molecule has 0 bridgehead atoms. The number of ketones is 1. The predicted octanol–water partition coefficient (Wildman–Crippen LogP) is 5.39. The second-order valence-corrected chi connectivity index (χ2v) is 11.6. The zero-order chi connectivity index (χ0) is 27.1. The molecule has 3 aliphatic rings. The van der Waals surface area contributed by atoms with Gasteiger partial charge in [0.25, 0.3) is 5.91 Å². The van der Waals surface area contributed by atoms with E-state index in [2.05, 4.69) is 16.4 Å². The number of hydrogen-bond donors (Lipinski definition) is 2. The van der Waals surface area contributed by atoms with Crippen molar-refractivity contribution >= 4 is 40.1 Å². The fraction of sp³-hybridized carbons (Fsp3) is 0.571. The normalized spacial score (nSPS) is 25.3. The molecular weight excluding hydrogens is 514 g/mol. The molecule has 2 aromatic rings. The number of halogens is 3.